The van der Waals surface area contributed by atoms with Gasteiger partial charge >= 0.3 is 0 Å². The Morgan fingerprint density at radius 1 is 0.923 bits per heavy atom. The lowest BCUT2D eigenvalue weighted by Gasteiger charge is -2.23. The molecule has 26 heavy (non-hydrogen) atoms. The summed E-state index contributed by atoms with van der Waals surface area (Å²) in [6.07, 6.45) is 4.22. The fourth-order valence-electron chi connectivity index (χ4n) is 3.29. The van der Waals surface area contributed by atoms with Gasteiger partial charge in [0.1, 0.15) is 0 Å². The van der Waals surface area contributed by atoms with E-state index >= 15 is 0 Å². The van der Waals surface area contributed by atoms with Crippen LogP contribution >= 0.6 is 11.6 Å². The van der Waals surface area contributed by atoms with Crippen LogP contribution in [0.15, 0.2) is 30.5 Å². The van der Waals surface area contributed by atoms with Gasteiger partial charge in [-0.3, -0.25) is 4.98 Å². The van der Waals surface area contributed by atoms with E-state index in [-0.39, 0.29) is 0 Å². The number of anilines is 1. The number of hydrogen-bond donors (Lipinski definition) is 1. The van der Waals surface area contributed by atoms with Crippen LogP contribution in [0.25, 0.3) is 10.9 Å². The van der Waals surface area contributed by atoms with Crippen molar-refractivity contribution in [2.24, 2.45) is 0 Å². The average molecular weight is 377 g/mol. The maximum atomic E-state index is 6.06. The van der Waals surface area contributed by atoms with E-state index in [2.05, 4.69) is 40.9 Å². The number of nitrogens with one attached hydrogen (secondary N) is 1. The van der Waals surface area contributed by atoms with Crippen LogP contribution < -0.4 is 5.32 Å². The lowest BCUT2D eigenvalue weighted by Crippen LogP contribution is -2.31. The van der Waals surface area contributed by atoms with Crippen molar-refractivity contribution in [3.05, 3.63) is 35.5 Å². The number of benzene rings is 1. The molecule has 4 nitrogen and oxygen atoms in total. The van der Waals surface area contributed by atoms with E-state index < -0.39 is 0 Å². The molecule has 0 fully saturated rings. The predicted octanol–water partition coefficient (Wildman–Crippen LogP) is 4.74. The van der Waals surface area contributed by atoms with Gasteiger partial charge in [0.05, 0.1) is 5.52 Å². The zero-order chi connectivity index (χ0) is 18.8. The molecule has 0 saturated heterocycles. The minimum absolute atomic E-state index is 0.727. The van der Waals surface area contributed by atoms with E-state index in [4.69, 9.17) is 11.6 Å². The maximum Gasteiger partial charge on any atom is 0.0737 e. The Balaban J connectivity index is 1.75. The Morgan fingerprint density at radius 2 is 1.62 bits per heavy atom. The third kappa shape index (κ3) is 6.42. The van der Waals surface area contributed by atoms with Gasteiger partial charge in [-0.1, -0.05) is 32.4 Å². The number of rotatable bonds is 12. The van der Waals surface area contributed by atoms with Gasteiger partial charge in [-0.25, -0.2) is 0 Å². The smallest absolute Gasteiger partial charge is 0.0737 e. The minimum atomic E-state index is 0.727. The molecule has 0 amide bonds. The topological polar surface area (TPSA) is 31.4 Å². The van der Waals surface area contributed by atoms with Gasteiger partial charge in [-0.2, -0.15) is 0 Å². The highest BCUT2D eigenvalue weighted by Crippen LogP contribution is 2.24. The molecular formula is C21H33ClN4. The highest BCUT2D eigenvalue weighted by atomic mass is 35.5. The first-order valence-corrected chi connectivity index (χ1v) is 10.3. The lowest BCUT2D eigenvalue weighted by molar-refractivity contribution is 0.243. The molecule has 2 rings (SSSR count). The van der Waals surface area contributed by atoms with Crippen molar-refractivity contribution >= 4 is 28.2 Å². The van der Waals surface area contributed by atoms with Crippen molar-refractivity contribution in [1.29, 1.82) is 0 Å². The Hall–Kier alpha value is -1.36. The van der Waals surface area contributed by atoms with E-state index in [0.29, 0.717) is 0 Å². The number of hydrogen-bond acceptors (Lipinski definition) is 4. The molecule has 1 N–H and O–H groups in total. The average Bonchev–Trinajstić information content (AvgIpc) is 2.66. The maximum absolute atomic E-state index is 6.06. The summed E-state index contributed by atoms with van der Waals surface area (Å²) in [5, 5.41) is 5.42. The Bertz CT molecular complexity index is 658. The van der Waals surface area contributed by atoms with Crippen LogP contribution in [-0.4, -0.2) is 60.6 Å². The van der Waals surface area contributed by atoms with Gasteiger partial charge in [-0.05, 0) is 76.4 Å². The monoisotopic (exact) mass is 376 g/mol. The van der Waals surface area contributed by atoms with Crippen LogP contribution in [0.4, 0.5) is 5.69 Å². The molecular weight excluding hydrogens is 344 g/mol. The molecule has 0 bridgehead atoms. The van der Waals surface area contributed by atoms with Gasteiger partial charge in [0.25, 0.3) is 0 Å². The lowest BCUT2D eigenvalue weighted by atomic mass is 10.2. The molecule has 0 unspecified atom stereocenters. The van der Waals surface area contributed by atoms with Crippen molar-refractivity contribution in [3.8, 4) is 0 Å². The van der Waals surface area contributed by atoms with Crippen LogP contribution in [0.5, 0.6) is 0 Å². The summed E-state index contributed by atoms with van der Waals surface area (Å²) in [6.45, 7) is 14.6. The molecule has 1 aromatic carbocycles. The fraction of sp³-hybridized carbons (Fsp3) is 0.571. The van der Waals surface area contributed by atoms with Crippen LogP contribution in [0, 0.1) is 0 Å². The molecule has 0 aliphatic rings. The number of aromatic nitrogens is 1. The summed E-state index contributed by atoms with van der Waals surface area (Å²) < 4.78 is 0. The molecule has 1 heterocycles. The van der Waals surface area contributed by atoms with Crippen molar-refractivity contribution in [1.82, 2.24) is 14.8 Å². The summed E-state index contributed by atoms with van der Waals surface area (Å²) in [4.78, 5) is 9.45. The Kier molecular flexibility index (Phi) is 9.16. The molecule has 0 aliphatic carbocycles. The molecule has 1 aromatic heterocycles. The van der Waals surface area contributed by atoms with Crippen LogP contribution in [-0.2, 0) is 0 Å². The van der Waals surface area contributed by atoms with Crippen LogP contribution in [0.2, 0.25) is 5.02 Å². The standard InChI is InChI=1S/C21H33ClN4/c1-4-25(5-2)15-8-16-26(6-3)14-7-12-23-20-11-13-24-21-17-18(22)9-10-19(20)21/h9-11,13,17H,4-8,12,14-16H2,1-3H3,(H,23,24). The van der Waals surface area contributed by atoms with Gasteiger partial charge < -0.3 is 15.1 Å². The van der Waals surface area contributed by atoms with Crippen molar-refractivity contribution in [2.45, 2.75) is 33.6 Å². The second-order valence-corrected chi connectivity index (χ2v) is 7.05. The highest BCUT2D eigenvalue weighted by Gasteiger charge is 2.05. The number of nitrogens with zero attached hydrogens (tertiary/aromatic N) is 3. The summed E-state index contributed by atoms with van der Waals surface area (Å²) >= 11 is 6.06. The Morgan fingerprint density at radius 3 is 2.35 bits per heavy atom. The van der Waals surface area contributed by atoms with Gasteiger partial charge in [-0.15, -0.1) is 0 Å². The summed E-state index contributed by atoms with van der Waals surface area (Å²) in [7, 11) is 0. The number of fused-ring (bicyclic) bond motifs is 1. The van der Waals surface area contributed by atoms with E-state index in [1.165, 1.54) is 19.5 Å². The van der Waals surface area contributed by atoms with Crippen molar-refractivity contribution < 1.29 is 0 Å². The van der Waals surface area contributed by atoms with E-state index in [9.17, 15) is 0 Å². The molecule has 5 heteroatoms. The largest absolute Gasteiger partial charge is 0.384 e. The first-order valence-electron chi connectivity index (χ1n) is 9.90. The molecule has 0 radical (unpaired) electrons. The van der Waals surface area contributed by atoms with Crippen molar-refractivity contribution in [2.75, 3.05) is 51.1 Å². The second kappa shape index (κ2) is 11.4. The van der Waals surface area contributed by atoms with E-state index in [1.807, 2.05) is 30.5 Å². The normalized spacial score (nSPS) is 11.6. The zero-order valence-electron chi connectivity index (χ0n) is 16.5. The quantitative estimate of drug-likeness (QED) is 0.542. The SMILES string of the molecule is CCN(CC)CCCN(CC)CCCNc1ccnc2cc(Cl)ccc12. The van der Waals surface area contributed by atoms with Crippen LogP contribution in [0.3, 0.4) is 0 Å². The van der Waals surface area contributed by atoms with Crippen molar-refractivity contribution in [3.63, 3.8) is 0 Å². The summed E-state index contributed by atoms with van der Waals surface area (Å²) in [5.74, 6) is 0. The highest BCUT2D eigenvalue weighted by molar-refractivity contribution is 6.31. The third-order valence-corrected chi connectivity index (χ3v) is 5.20. The summed E-state index contributed by atoms with van der Waals surface area (Å²) in [5.41, 5.74) is 2.07. The molecule has 2 aromatic rings. The Labute approximate surface area is 163 Å². The molecule has 0 saturated carbocycles. The van der Waals surface area contributed by atoms with Gasteiger partial charge in [0.2, 0.25) is 0 Å². The minimum Gasteiger partial charge on any atom is -0.384 e. The van der Waals surface area contributed by atoms with Gasteiger partial charge in [0.15, 0.2) is 0 Å². The molecule has 0 spiro atoms. The first kappa shape index (κ1) is 20.9. The predicted molar refractivity (Wildman–Crippen MR) is 114 cm³/mol. The molecule has 0 atom stereocenters. The van der Waals surface area contributed by atoms with Gasteiger partial charge in [0, 0.05) is 28.8 Å². The number of pyridine rings is 1. The molecule has 0 aliphatic heterocycles. The summed E-state index contributed by atoms with van der Waals surface area (Å²) in [6, 6.07) is 7.92. The second-order valence-electron chi connectivity index (χ2n) is 6.62. The fourth-order valence-corrected chi connectivity index (χ4v) is 3.45. The third-order valence-electron chi connectivity index (χ3n) is 4.96. The van der Waals surface area contributed by atoms with Crippen LogP contribution in [0.1, 0.15) is 33.6 Å². The zero-order valence-corrected chi connectivity index (χ0v) is 17.2. The van der Waals surface area contributed by atoms with E-state index in [1.54, 1.807) is 0 Å². The number of halogens is 1. The van der Waals surface area contributed by atoms with E-state index in [0.717, 1.165) is 60.8 Å². The molecule has 144 valence electrons. The first-order chi connectivity index (χ1) is 12.7.